The minimum absolute atomic E-state index is 0.175. The molecule has 2 aromatic carbocycles. The average molecular weight is 389 g/mol. The molecule has 0 spiro atoms. The van der Waals surface area contributed by atoms with E-state index in [4.69, 9.17) is 0 Å². The van der Waals surface area contributed by atoms with Gasteiger partial charge in [0.15, 0.2) is 11.5 Å². The first-order chi connectivity index (χ1) is 14.0. The lowest BCUT2D eigenvalue weighted by Crippen LogP contribution is -2.24. The molecule has 3 aromatic rings. The zero-order chi connectivity index (χ0) is 20.6. The number of amides is 2. The van der Waals surface area contributed by atoms with Gasteiger partial charge in [-0.1, -0.05) is 36.4 Å². The highest BCUT2D eigenvalue weighted by Gasteiger charge is 2.12. The van der Waals surface area contributed by atoms with Crippen LogP contribution in [0.1, 0.15) is 29.9 Å². The fourth-order valence-electron chi connectivity index (χ4n) is 2.85. The molecule has 0 saturated heterocycles. The van der Waals surface area contributed by atoms with E-state index in [9.17, 15) is 9.59 Å². The molecule has 148 valence electrons. The molecule has 0 saturated carbocycles. The molecule has 2 amide bonds. The van der Waals surface area contributed by atoms with Crippen molar-refractivity contribution in [2.45, 2.75) is 20.4 Å². The number of anilines is 3. The Morgan fingerprint density at radius 1 is 0.897 bits per heavy atom. The van der Waals surface area contributed by atoms with Crippen LogP contribution in [0.3, 0.4) is 0 Å². The van der Waals surface area contributed by atoms with Crippen molar-refractivity contribution in [2.24, 2.45) is 0 Å². The second kappa shape index (κ2) is 9.45. The van der Waals surface area contributed by atoms with Crippen molar-refractivity contribution in [1.82, 2.24) is 10.2 Å². The van der Waals surface area contributed by atoms with Gasteiger partial charge >= 0.3 is 0 Å². The highest BCUT2D eigenvalue weighted by atomic mass is 16.2. The topological polar surface area (TPSA) is 87.2 Å². The Morgan fingerprint density at radius 2 is 1.62 bits per heavy atom. The molecule has 0 bridgehead atoms. The molecule has 0 aliphatic rings. The maximum absolute atomic E-state index is 12.5. The van der Waals surface area contributed by atoms with E-state index in [0.717, 1.165) is 6.54 Å². The van der Waals surface area contributed by atoms with E-state index in [2.05, 4.69) is 37.9 Å². The zero-order valence-corrected chi connectivity index (χ0v) is 16.4. The lowest BCUT2D eigenvalue weighted by Gasteiger charge is -2.21. The van der Waals surface area contributed by atoms with Crippen molar-refractivity contribution in [1.29, 1.82) is 0 Å². The van der Waals surface area contributed by atoms with Gasteiger partial charge in [0, 0.05) is 31.4 Å². The molecule has 7 heteroatoms. The standard InChI is InChI=1S/C22H23N5O2/c1-3-27(15-17-8-5-4-6-9-17)21-13-12-20(25-26-21)22(29)24-19-11-7-10-18(14-19)23-16(2)28/h4-14H,3,15H2,1-2H3,(H,23,28)(H,24,29). The van der Waals surface area contributed by atoms with Gasteiger partial charge in [-0.05, 0) is 42.8 Å². The minimum atomic E-state index is -0.366. The molecule has 0 unspecified atom stereocenters. The molecular weight excluding hydrogens is 366 g/mol. The summed E-state index contributed by atoms with van der Waals surface area (Å²) in [6, 6.07) is 20.5. The van der Waals surface area contributed by atoms with Crippen LogP contribution in [0.2, 0.25) is 0 Å². The molecule has 3 rings (SSSR count). The molecule has 0 aliphatic heterocycles. The van der Waals surface area contributed by atoms with E-state index in [1.54, 1.807) is 36.4 Å². The first-order valence-electron chi connectivity index (χ1n) is 9.36. The molecule has 0 aliphatic carbocycles. The van der Waals surface area contributed by atoms with Gasteiger partial charge in [0.05, 0.1) is 0 Å². The second-order valence-electron chi connectivity index (χ2n) is 6.49. The summed E-state index contributed by atoms with van der Waals surface area (Å²) >= 11 is 0. The lowest BCUT2D eigenvalue weighted by atomic mass is 10.2. The lowest BCUT2D eigenvalue weighted by molar-refractivity contribution is -0.114. The number of nitrogens with zero attached hydrogens (tertiary/aromatic N) is 3. The van der Waals surface area contributed by atoms with Crippen LogP contribution in [0.15, 0.2) is 66.7 Å². The molecule has 7 nitrogen and oxygen atoms in total. The normalized spacial score (nSPS) is 10.3. The number of carbonyl (C=O) groups excluding carboxylic acids is 2. The van der Waals surface area contributed by atoms with Crippen molar-refractivity contribution >= 4 is 29.0 Å². The first-order valence-corrected chi connectivity index (χ1v) is 9.36. The van der Waals surface area contributed by atoms with Crippen LogP contribution in [0.4, 0.5) is 17.2 Å². The number of aromatic nitrogens is 2. The summed E-state index contributed by atoms with van der Waals surface area (Å²) in [6.45, 7) is 4.96. The van der Waals surface area contributed by atoms with Gasteiger partial charge in [0.1, 0.15) is 0 Å². The predicted molar refractivity (Wildman–Crippen MR) is 114 cm³/mol. The maximum Gasteiger partial charge on any atom is 0.276 e. The van der Waals surface area contributed by atoms with E-state index in [-0.39, 0.29) is 17.5 Å². The van der Waals surface area contributed by atoms with Gasteiger partial charge < -0.3 is 15.5 Å². The van der Waals surface area contributed by atoms with Crippen LogP contribution in [0.5, 0.6) is 0 Å². The number of hydrogen-bond acceptors (Lipinski definition) is 5. The first kappa shape index (κ1) is 20.0. The third-order valence-corrected chi connectivity index (χ3v) is 4.25. The van der Waals surface area contributed by atoms with Crippen LogP contribution in [0, 0.1) is 0 Å². The Bertz CT molecular complexity index is 974. The van der Waals surface area contributed by atoms with Crippen LogP contribution < -0.4 is 15.5 Å². The van der Waals surface area contributed by atoms with Gasteiger partial charge in [0.2, 0.25) is 5.91 Å². The van der Waals surface area contributed by atoms with Crippen LogP contribution >= 0.6 is 0 Å². The van der Waals surface area contributed by atoms with Gasteiger partial charge in [-0.25, -0.2) is 0 Å². The monoisotopic (exact) mass is 389 g/mol. The van der Waals surface area contributed by atoms with E-state index < -0.39 is 0 Å². The third kappa shape index (κ3) is 5.62. The van der Waals surface area contributed by atoms with Gasteiger partial charge in [-0.2, -0.15) is 0 Å². The van der Waals surface area contributed by atoms with Gasteiger partial charge in [-0.15, -0.1) is 10.2 Å². The number of benzene rings is 2. The molecule has 0 radical (unpaired) electrons. The van der Waals surface area contributed by atoms with Crippen molar-refractivity contribution in [3.05, 3.63) is 78.0 Å². The van der Waals surface area contributed by atoms with Crippen molar-refractivity contribution in [2.75, 3.05) is 22.1 Å². The van der Waals surface area contributed by atoms with E-state index >= 15 is 0 Å². The summed E-state index contributed by atoms with van der Waals surface area (Å²) < 4.78 is 0. The van der Waals surface area contributed by atoms with E-state index in [1.165, 1.54) is 12.5 Å². The maximum atomic E-state index is 12.5. The van der Waals surface area contributed by atoms with Crippen molar-refractivity contribution in [3.63, 3.8) is 0 Å². The highest BCUT2D eigenvalue weighted by molar-refractivity contribution is 6.03. The van der Waals surface area contributed by atoms with Crippen molar-refractivity contribution in [3.8, 4) is 0 Å². The summed E-state index contributed by atoms with van der Waals surface area (Å²) in [6.07, 6.45) is 0. The fourth-order valence-corrected chi connectivity index (χ4v) is 2.85. The fraction of sp³-hybridized carbons (Fsp3) is 0.182. The molecule has 1 heterocycles. The average Bonchev–Trinajstić information content (AvgIpc) is 2.72. The number of nitrogens with one attached hydrogen (secondary N) is 2. The van der Waals surface area contributed by atoms with Crippen LogP contribution in [0.25, 0.3) is 0 Å². The Morgan fingerprint density at radius 3 is 2.24 bits per heavy atom. The predicted octanol–water partition coefficient (Wildman–Crippen LogP) is 3.71. The van der Waals surface area contributed by atoms with Crippen LogP contribution in [-0.2, 0) is 11.3 Å². The zero-order valence-electron chi connectivity index (χ0n) is 16.4. The Hall–Kier alpha value is -3.74. The number of rotatable bonds is 7. The molecule has 29 heavy (non-hydrogen) atoms. The smallest absolute Gasteiger partial charge is 0.276 e. The van der Waals surface area contributed by atoms with Gasteiger partial charge in [-0.3, -0.25) is 9.59 Å². The summed E-state index contributed by atoms with van der Waals surface area (Å²) in [7, 11) is 0. The Kier molecular flexibility index (Phi) is 6.52. The van der Waals surface area contributed by atoms with Crippen LogP contribution in [-0.4, -0.2) is 28.6 Å². The number of hydrogen-bond donors (Lipinski definition) is 2. The molecule has 2 N–H and O–H groups in total. The minimum Gasteiger partial charge on any atom is -0.351 e. The summed E-state index contributed by atoms with van der Waals surface area (Å²) in [5, 5.41) is 13.8. The quantitative estimate of drug-likeness (QED) is 0.643. The molecule has 0 fully saturated rings. The molecule has 1 aromatic heterocycles. The summed E-state index contributed by atoms with van der Waals surface area (Å²) in [5.74, 6) is 0.168. The van der Waals surface area contributed by atoms with Gasteiger partial charge in [0.25, 0.3) is 5.91 Å². The molecular formula is C22H23N5O2. The Labute approximate surface area is 169 Å². The molecule has 0 atom stereocenters. The second-order valence-corrected chi connectivity index (χ2v) is 6.49. The highest BCUT2D eigenvalue weighted by Crippen LogP contribution is 2.17. The van der Waals surface area contributed by atoms with E-state index in [1.807, 2.05) is 25.1 Å². The number of carbonyl (C=O) groups is 2. The summed E-state index contributed by atoms with van der Waals surface area (Å²) in [5.41, 5.74) is 2.56. The third-order valence-electron chi connectivity index (χ3n) is 4.25. The largest absolute Gasteiger partial charge is 0.351 e. The SMILES string of the molecule is CCN(Cc1ccccc1)c1ccc(C(=O)Nc2cccc(NC(C)=O)c2)nn1. The summed E-state index contributed by atoms with van der Waals surface area (Å²) in [4.78, 5) is 25.7. The van der Waals surface area contributed by atoms with Crippen molar-refractivity contribution < 1.29 is 9.59 Å². The Balaban J connectivity index is 1.67. The van der Waals surface area contributed by atoms with E-state index in [0.29, 0.717) is 23.7 Å².